The number of carbonyl (C=O) groups excluding carboxylic acids is 1. The topological polar surface area (TPSA) is 76.5 Å². The fraction of sp³-hybridized carbons (Fsp3) is 0.500. The van der Waals surface area contributed by atoms with Crippen LogP contribution in [0.15, 0.2) is 24.8 Å². The third-order valence-corrected chi connectivity index (χ3v) is 4.16. The van der Waals surface area contributed by atoms with Crippen LogP contribution in [0.5, 0.6) is 0 Å². The lowest BCUT2D eigenvalue weighted by Crippen LogP contribution is -2.49. The summed E-state index contributed by atoms with van der Waals surface area (Å²) in [6.45, 7) is 3.57. The minimum Gasteiger partial charge on any atom is -0.338 e. The molecule has 0 bridgehead atoms. The molecule has 106 valence electrons. The highest BCUT2D eigenvalue weighted by molar-refractivity contribution is 6.00. The number of nitrogens with two attached hydrogens (primary N) is 1. The van der Waals surface area contributed by atoms with E-state index in [9.17, 15) is 4.79 Å². The van der Waals surface area contributed by atoms with Crippen molar-refractivity contribution >= 4 is 11.4 Å². The Labute approximate surface area is 117 Å². The number of rotatable bonds is 2. The van der Waals surface area contributed by atoms with E-state index in [1.165, 1.54) is 0 Å². The molecule has 3 rings (SSSR count). The number of carbonyl (C=O) groups is 1. The van der Waals surface area contributed by atoms with Gasteiger partial charge in [0.1, 0.15) is 0 Å². The monoisotopic (exact) mass is 273 g/mol. The molecule has 1 saturated heterocycles. The van der Waals surface area contributed by atoms with Crippen LogP contribution in [-0.4, -0.2) is 44.5 Å². The molecule has 20 heavy (non-hydrogen) atoms. The second-order valence-corrected chi connectivity index (χ2v) is 5.34. The number of piperidine rings is 1. The van der Waals surface area contributed by atoms with Crippen LogP contribution in [-0.2, 0) is 0 Å². The van der Waals surface area contributed by atoms with Crippen molar-refractivity contribution in [3.63, 3.8) is 0 Å². The van der Waals surface area contributed by atoms with Crippen LogP contribution in [0.4, 0.5) is 0 Å². The van der Waals surface area contributed by atoms with Crippen molar-refractivity contribution in [2.45, 2.75) is 25.8 Å². The molecule has 0 aliphatic carbocycles. The molecule has 2 aromatic heterocycles. The summed E-state index contributed by atoms with van der Waals surface area (Å²) in [6, 6.07) is 0.203. The van der Waals surface area contributed by atoms with E-state index in [2.05, 4.69) is 17.0 Å². The fourth-order valence-electron chi connectivity index (χ4n) is 2.84. The van der Waals surface area contributed by atoms with Gasteiger partial charge in [-0.15, -0.1) is 0 Å². The van der Waals surface area contributed by atoms with E-state index >= 15 is 0 Å². The zero-order valence-electron chi connectivity index (χ0n) is 11.6. The zero-order valence-corrected chi connectivity index (χ0v) is 11.6. The summed E-state index contributed by atoms with van der Waals surface area (Å²) in [5.74, 6) is 0.408. The van der Waals surface area contributed by atoms with Crippen LogP contribution in [0.2, 0.25) is 0 Å². The van der Waals surface area contributed by atoms with Crippen LogP contribution in [0.1, 0.15) is 30.1 Å². The van der Waals surface area contributed by atoms with Crippen molar-refractivity contribution in [1.82, 2.24) is 19.5 Å². The molecule has 1 aliphatic rings. The zero-order chi connectivity index (χ0) is 14.1. The molecule has 2 aromatic rings. The van der Waals surface area contributed by atoms with Crippen molar-refractivity contribution in [2.75, 3.05) is 13.1 Å². The fourth-order valence-corrected chi connectivity index (χ4v) is 2.84. The normalized spacial score (nSPS) is 23.2. The number of aromatic nitrogens is 3. The van der Waals surface area contributed by atoms with Crippen LogP contribution in [0.25, 0.3) is 5.52 Å². The Kier molecular flexibility index (Phi) is 3.40. The average molecular weight is 273 g/mol. The van der Waals surface area contributed by atoms with E-state index in [1.807, 2.05) is 4.90 Å². The highest BCUT2D eigenvalue weighted by Gasteiger charge is 2.29. The molecule has 6 heteroatoms. The molecule has 1 fully saturated rings. The maximum Gasteiger partial charge on any atom is 0.257 e. The number of amides is 1. The van der Waals surface area contributed by atoms with Gasteiger partial charge < -0.3 is 10.6 Å². The van der Waals surface area contributed by atoms with Crippen LogP contribution >= 0.6 is 0 Å². The molecular formula is C14H19N5O. The molecule has 1 aliphatic heterocycles. The Balaban J connectivity index is 1.85. The first-order valence-electron chi connectivity index (χ1n) is 7.03. The lowest BCUT2D eigenvalue weighted by molar-refractivity contribution is 0.0651. The van der Waals surface area contributed by atoms with Gasteiger partial charge in [0.2, 0.25) is 0 Å². The molecule has 6 nitrogen and oxygen atoms in total. The van der Waals surface area contributed by atoms with Crippen molar-refractivity contribution < 1.29 is 4.79 Å². The summed E-state index contributed by atoms with van der Waals surface area (Å²) in [5, 5.41) is 4.19. The standard InChI is InChI=1S/C14H19N5O/c1-2-10-9-18(5-3-12(10)15)14(20)11-7-17-19-6-4-16-8-13(11)19/h4,6-8,10,12H,2-3,5,9,15H2,1H3. The summed E-state index contributed by atoms with van der Waals surface area (Å²) >= 11 is 0. The van der Waals surface area contributed by atoms with Crippen molar-refractivity contribution in [3.05, 3.63) is 30.4 Å². The lowest BCUT2D eigenvalue weighted by atomic mass is 9.90. The Morgan fingerprint density at radius 3 is 3.15 bits per heavy atom. The quantitative estimate of drug-likeness (QED) is 0.883. The summed E-state index contributed by atoms with van der Waals surface area (Å²) in [4.78, 5) is 18.6. The Bertz CT molecular complexity index is 623. The Morgan fingerprint density at radius 1 is 1.50 bits per heavy atom. The smallest absolute Gasteiger partial charge is 0.257 e. The van der Waals surface area contributed by atoms with Gasteiger partial charge in [-0.05, 0) is 12.3 Å². The van der Waals surface area contributed by atoms with Crippen LogP contribution in [0, 0.1) is 5.92 Å². The average Bonchev–Trinajstić information content (AvgIpc) is 2.91. The van der Waals surface area contributed by atoms with E-state index in [1.54, 1.807) is 29.3 Å². The number of likely N-dealkylation sites (tertiary alicyclic amines) is 1. The lowest BCUT2D eigenvalue weighted by Gasteiger charge is -2.36. The molecule has 2 atom stereocenters. The predicted octanol–water partition coefficient (Wildman–Crippen LogP) is 0.929. The Morgan fingerprint density at radius 2 is 2.35 bits per heavy atom. The third kappa shape index (κ3) is 2.16. The summed E-state index contributed by atoms with van der Waals surface area (Å²) in [5.41, 5.74) is 7.46. The molecule has 0 spiro atoms. The first-order chi connectivity index (χ1) is 9.70. The number of fused-ring (bicyclic) bond motifs is 1. The van der Waals surface area contributed by atoms with Gasteiger partial charge in [-0.2, -0.15) is 5.10 Å². The van der Waals surface area contributed by atoms with Gasteiger partial charge in [0.15, 0.2) is 0 Å². The summed E-state index contributed by atoms with van der Waals surface area (Å²) < 4.78 is 1.67. The van der Waals surface area contributed by atoms with E-state index < -0.39 is 0 Å². The van der Waals surface area contributed by atoms with E-state index in [0.29, 0.717) is 18.0 Å². The molecule has 0 aromatic carbocycles. The minimum absolute atomic E-state index is 0.0263. The molecular weight excluding hydrogens is 254 g/mol. The number of nitrogens with zero attached hydrogens (tertiary/aromatic N) is 4. The molecule has 0 radical (unpaired) electrons. The van der Waals surface area contributed by atoms with Gasteiger partial charge in [0.05, 0.1) is 23.5 Å². The highest BCUT2D eigenvalue weighted by atomic mass is 16.2. The van der Waals surface area contributed by atoms with Gasteiger partial charge in [-0.25, -0.2) is 4.52 Å². The molecule has 1 amide bonds. The molecule has 2 N–H and O–H groups in total. The Hall–Kier alpha value is -1.95. The van der Waals surface area contributed by atoms with Crippen LogP contribution in [0.3, 0.4) is 0 Å². The first kappa shape index (κ1) is 13.1. The first-order valence-corrected chi connectivity index (χ1v) is 7.03. The van der Waals surface area contributed by atoms with Crippen molar-refractivity contribution in [2.24, 2.45) is 11.7 Å². The molecule has 0 saturated carbocycles. The second-order valence-electron chi connectivity index (χ2n) is 5.34. The van der Waals surface area contributed by atoms with E-state index in [4.69, 9.17) is 5.73 Å². The van der Waals surface area contributed by atoms with Gasteiger partial charge in [0.25, 0.3) is 5.91 Å². The maximum atomic E-state index is 12.6. The summed E-state index contributed by atoms with van der Waals surface area (Å²) in [7, 11) is 0. The van der Waals surface area contributed by atoms with Crippen molar-refractivity contribution in [3.8, 4) is 0 Å². The van der Waals surface area contributed by atoms with Crippen LogP contribution < -0.4 is 5.73 Å². The number of hydrogen-bond acceptors (Lipinski definition) is 4. The van der Waals surface area contributed by atoms with Gasteiger partial charge in [-0.1, -0.05) is 13.3 Å². The van der Waals surface area contributed by atoms with Gasteiger partial charge in [0, 0.05) is 31.5 Å². The van der Waals surface area contributed by atoms with E-state index in [0.717, 1.165) is 24.9 Å². The van der Waals surface area contributed by atoms with Gasteiger partial charge in [-0.3, -0.25) is 9.78 Å². The minimum atomic E-state index is 0.0263. The van der Waals surface area contributed by atoms with Gasteiger partial charge >= 0.3 is 0 Å². The van der Waals surface area contributed by atoms with Crippen molar-refractivity contribution in [1.29, 1.82) is 0 Å². The molecule has 3 heterocycles. The SMILES string of the molecule is CCC1CN(C(=O)c2cnn3ccncc23)CCC1N. The largest absolute Gasteiger partial charge is 0.338 e. The molecule has 2 unspecified atom stereocenters. The highest BCUT2D eigenvalue weighted by Crippen LogP contribution is 2.21. The van der Waals surface area contributed by atoms with E-state index in [-0.39, 0.29) is 11.9 Å². The second kappa shape index (κ2) is 5.20. The maximum absolute atomic E-state index is 12.6. The third-order valence-electron chi connectivity index (χ3n) is 4.16. The predicted molar refractivity (Wildman–Crippen MR) is 75.3 cm³/mol. The number of hydrogen-bond donors (Lipinski definition) is 1. The summed E-state index contributed by atoms with van der Waals surface area (Å²) in [6.07, 6.45) is 8.55.